The first-order valence-electron chi connectivity index (χ1n) is 11.6. The lowest BCUT2D eigenvalue weighted by Gasteiger charge is -2.36. The number of ether oxygens (including phenoxy) is 2. The Hall–Kier alpha value is -4.08. The molecule has 0 radical (unpaired) electrons. The predicted octanol–water partition coefficient (Wildman–Crippen LogP) is 1.90. The molecule has 1 fully saturated rings. The average molecular weight is 477 g/mol. The van der Waals surface area contributed by atoms with E-state index in [4.69, 9.17) is 14.5 Å². The fourth-order valence-electron chi connectivity index (χ4n) is 4.45. The van der Waals surface area contributed by atoms with Gasteiger partial charge in [0.05, 0.1) is 30.9 Å². The van der Waals surface area contributed by atoms with Crippen molar-refractivity contribution in [2.24, 2.45) is 0 Å². The number of nitrogens with zero attached hydrogens (tertiary/aromatic N) is 5. The summed E-state index contributed by atoms with van der Waals surface area (Å²) < 4.78 is 13.6. The molecule has 1 atom stereocenters. The lowest BCUT2D eigenvalue weighted by Crippen LogP contribution is -2.48. The predicted molar refractivity (Wildman–Crippen MR) is 131 cm³/mol. The number of methoxy groups -OCH3 is 1. The zero-order valence-electron chi connectivity index (χ0n) is 20.0. The molecule has 0 unspecified atom stereocenters. The van der Waals surface area contributed by atoms with Gasteiger partial charge in [0.15, 0.2) is 0 Å². The first kappa shape index (κ1) is 22.7. The van der Waals surface area contributed by atoms with Crippen molar-refractivity contribution < 1.29 is 19.1 Å². The van der Waals surface area contributed by atoms with Gasteiger partial charge in [0.1, 0.15) is 17.4 Å². The molecule has 2 amide bonds. The van der Waals surface area contributed by atoms with Gasteiger partial charge >= 0.3 is 0 Å². The number of hydrogen-bond acceptors (Lipinski definition) is 7. The summed E-state index contributed by atoms with van der Waals surface area (Å²) in [6.07, 6.45) is 4.80. The van der Waals surface area contributed by atoms with E-state index in [0.29, 0.717) is 31.2 Å². The molecule has 1 saturated heterocycles. The number of anilines is 1. The number of hydrogen-bond donors (Lipinski definition) is 1. The fourth-order valence-corrected chi connectivity index (χ4v) is 4.45. The van der Waals surface area contributed by atoms with Crippen LogP contribution in [0.3, 0.4) is 0 Å². The maximum absolute atomic E-state index is 11.7. The molecule has 5 rings (SSSR count). The molecule has 0 saturated carbocycles. The molecule has 3 aromatic rings. The van der Waals surface area contributed by atoms with E-state index in [0.717, 1.165) is 41.2 Å². The van der Waals surface area contributed by atoms with Gasteiger partial charge < -0.3 is 24.6 Å². The van der Waals surface area contributed by atoms with Gasteiger partial charge in [-0.15, -0.1) is 0 Å². The second-order valence-corrected chi connectivity index (χ2v) is 8.67. The maximum Gasteiger partial charge on any atom is 0.244 e. The van der Waals surface area contributed by atoms with Crippen molar-refractivity contribution in [1.82, 2.24) is 24.8 Å². The molecule has 1 aromatic carbocycles. The van der Waals surface area contributed by atoms with Gasteiger partial charge in [-0.3, -0.25) is 9.59 Å². The Morgan fingerprint density at radius 2 is 1.97 bits per heavy atom. The number of amides is 2. The molecule has 2 aromatic heterocycles. The number of carbonyl (C=O) groups excluding carboxylic acids is 2. The van der Waals surface area contributed by atoms with E-state index >= 15 is 0 Å². The zero-order chi connectivity index (χ0) is 24.5. The number of fused-ring (bicyclic) bond motifs is 1. The van der Waals surface area contributed by atoms with Gasteiger partial charge in [-0.05, 0) is 30.7 Å². The molecular weight excluding hydrogens is 448 g/mol. The number of piperazine rings is 1. The van der Waals surface area contributed by atoms with Crippen LogP contribution in [0.4, 0.5) is 5.69 Å². The van der Waals surface area contributed by atoms with Gasteiger partial charge in [0.25, 0.3) is 0 Å². The molecule has 0 bridgehead atoms. The Labute approximate surface area is 203 Å². The van der Waals surface area contributed by atoms with Gasteiger partial charge in [0.2, 0.25) is 17.7 Å². The highest BCUT2D eigenvalue weighted by Crippen LogP contribution is 2.34. The molecule has 182 valence electrons. The highest BCUT2D eigenvalue weighted by atomic mass is 16.5. The summed E-state index contributed by atoms with van der Waals surface area (Å²) in [5, 5.41) is 7.15. The first-order chi connectivity index (χ1) is 16.9. The van der Waals surface area contributed by atoms with Crippen LogP contribution in [0.15, 0.2) is 48.3 Å². The third-order valence-corrected chi connectivity index (χ3v) is 6.49. The number of benzene rings is 1. The van der Waals surface area contributed by atoms with Crippen LogP contribution >= 0.6 is 0 Å². The molecule has 35 heavy (non-hydrogen) atoms. The summed E-state index contributed by atoms with van der Waals surface area (Å²) in [6, 6.07) is 7.83. The monoisotopic (exact) mass is 476 g/mol. The van der Waals surface area contributed by atoms with E-state index in [-0.39, 0.29) is 17.9 Å². The van der Waals surface area contributed by atoms with Crippen LogP contribution in [-0.4, -0.2) is 77.2 Å². The zero-order valence-corrected chi connectivity index (χ0v) is 20.0. The minimum absolute atomic E-state index is 0.103. The van der Waals surface area contributed by atoms with Crippen molar-refractivity contribution in [1.29, 1.82) is 0 Å². The Kier molecular flexibility index (Phi) is 6.02. The molecule has 2 aliphatic rings. The number of aromatic nitrogens is 3. The van der Waals surface area contributed by atoms with Gasteiger partial charge in [-0.25, -0.2) is 9.50 Å². The molecule has 4 heterocycles. The van der Waals surface area contributed by atoms with E-state index in [1.165, 1.54) is 0 Å². The van der Waals surface area contributed by atoms with Crippen LogP contribution in [0.5, 0.6) is 11.6 Å². The average Bonchev–Trinajstić information content (AvgIpc) is 3.53. The van der Waals surface area contributed by atoms with Crippen LogP contribution in [0.1, 0.15) is 13.8 Å². The molecule has 0 aliphatic carbocycles. The van der Waals surface area contributed by atoms with Crippen LogP contribution in [-0.2, 0) is 9.59 Å². The van der Waals surface area contributed by atoms with Crippen LogP contribution < -0.4 is 19.7 Å². The molecule has 0 spiro atoms. The Balaban J connectivity index is 1.43. The largest absolute Gasteiger partial charge is 0.495 e. The SMILES string of the molecule is COc1cc(-c2cn3nccc3c(O[C@H](C)C3=CC(=O)NC3)n2)ccc1N1CCN(C(C)=O)CC1. The summed E-state index contributed by atoms with van der Waals surface area (Å²) in [5.74, 6) is 1.17. The minimum atomic E-state index is -0.319. The second kappa shape index (κ2) is 9.28. The van der Waals surface area contributed by atoms with E-state index in [1.54, 1.807) is 30.8 Å². The summed E-state index contributed by atoms with van der Waals surface area (Å²) in [7, 11) is 1.65. The van der Waals surface area contributed by atoms with Crippen LogP contribution in [0, 0.1) is 0 Å². The van der Waals surface area contributed by atoms with Crippen molar-refractivity contribution in [3.8, 4) is 22.9 Å². The molecule has 1 N–H and O–H groups in total. The van der Waals surface area contributed by atoms with Crippen LogP contribution in [0.25, 0.3) is 16.8 Å². The van der Waals surface area contributed by atoms with E-state index in [1.807, 2.05) is 42.3 Å². The van der Waals surface area contributed by atoms with Gasteiger partial charge in [0, 0.05) is 51.3 Å². The Morgan fingerprint density at radius 1 is 1.17 bits per heavy atom. The van der Waals surface area contributed by atoms with E-state index in [9.17, 15) is 9.59 Å². The first-order valence-corrected chi connectivity index (χ1v) is 11.6. The van der Waals surface area contributed by atoms with Gasteiger partial charge in [-0.1, -0.05) is 6.07 Å². The second-order valence-electron chi connectivity index (χ2n) is 8.67. The standard InChI is InChI=1S/C25H28N6O4/c1-16(19-13-24(33)26-14-19)35-25-22-6-7-27-31(22)15-20(28-25)18-4-5-21(23(12-18)34-3)30-10-8-29(9-11-30)17(2)32/h4-7,12-13,15-16H,8-11,14H2,1-3H3,(H,26,33)/t16-/m1/s1. The molecule has 10 heteroatoms. The summed E-state index contributed by atoms with van der Waals surface area (Å²) in [6.45, 7) is 6.84. The van der Waals surface area contributed by atoms with Crippen molar-refractivity contribution in [2.45, 2.75) is 20.0 Å². The molecule has 2 aliphatic heterocycles. The van der Waals surface area contributed by atoms with E-state index < -0.39 is 0 Å². The number of rotatable bonds is 6. The maximum atomic E-state index is 11.7. The van der Waals surface area contributed by atoms with Crippen LogP contribution in [0.2, 0.25) is 0 Å². The highest BCUT2D eigenvalue weighted by Gasteiger charge is 2.23. The third kappa shape index (κ3) is 4.51. The Morgan fingerprint density at radius 3 is 2.66 bits per heavy atom. The lowest BCUT2D eigenvalue weighted by atomic mass is 10.1. The van der Waals surface area contributed by atoms with Crippen molar-refractivity contribution in [2.75, 3.05) is 44.7 Å². The van der Waals surface area contributed by atoms with Gasteiger partial charge in [-0.2, -0.15) is 5.10 Å². The van der Waals surface area contributed by atoms with Crippen molar-refractivity contribution in [3.05, 3.63) is 48.3 Å². The topological polar surface area (TPSA) is 101 Å². The Bertz CT molecular complexity index is 1310. The van der Waals surface area contributed by atoms with E-state index in [2.05, 4.69) is 15.3 Å². The third-order valence-electron chi connectivity index (χ3n) is 6.49. The fraction of sp³-hybridized carbons (Fsp3) is 0.360. The summed E-state index contributed by atoms with van der Waals surface area (Å²) in [5.41, 5.74) is 4.14. The number of nitrogens with one attached hydrogen (secondary N) is 1. The molecular formula is C25H28N6O4. The van der Waals surface area contributed by atoms with Crippen molar-refractivity contribution >= 4 is 23.0 Å². The quantitative estimate of drug-likeness (QED) is 0.580. The molecule has 10 nitrogen and oxygen atoms in total. The summed E-state index contributed by atoms with van der Waals surface area (Å²) >= 11 is 0. The number of carbonyl (C=O) groups is 2. The lowest BCUT2D eigenvalue weighted by molar-refractivity contribution is -0.129. The summed E-state index contributed by atoms with van der Waals surface area (Å²) in [4.78, 5) is 32.1. The minimum Gasteiger partial charge on any atom is -0.495 e. The van der Waals surface area contributed by atoms with Crippen molar-refractivity contribution in [3.63, 3.8) is 0 Å². The smallest absolute Gasteiger partial charge is 0.244 e. The normalized spacial score (nSPS) is 16.8. The highest BCUT2D eigenvalue weighted by molar-refractivity contribution is 5.91.